The van der Waals surface area contributed by atoms with E-state index in [1.807, 2.05) is 0 Å². The van der Waals surface area contributed by atoms with Gasteiger partial charge in [-0.05, 0) is 44.7 Å². The third-order valence-corrected chi connectivity index (χ3v) is 4.24. The number of nitrogens with zero attached hydrogens (tertiary/aromatic N) is 4. The quantitative estimate of drug-likeness (QED) is 0.860. The van der Waals surface area contributed by atoms with Crippen molar-refractivity contribution < 1.29 is 0 Å². The van der Waals surface area contributed by atoms with E-state index in [9.17, 15) is 0 Å². The molecule has 1 atom stereocenters. The fourth-order valence-corrected chi connectivity index (χ4v) is 3.17. The summed E-state index contributed by atoms with van der Waals surface area (Å²) in [6.07, 6.45) is 6.17. The van der Waals surface area contributed by atoms with E-state index in [1.54, 1.807) is 0 Å². The molecule has 2 aliphatic heterocycles. The van der Waals surface area contributed by atoms with Crippen molar-refractivity contribution in [3.63, 3.8) is 0 Å². The standard InChI is InChI=1S/C13H23N5/c14-8-11-4-3-6-17(9-11)10-13-16-15-12-5-1-2-7-18(12)13/h11H,1-10,14H2. The second kappa shape index (κ2) is 5.36. The number of piperidine rings is 1. The van der Waals surface area contributed by atoms with Crippen LogP contribution in [0, 0.1) is 5.92 Å². The Kier molecular flexibility index (Phi) is 3.61. The van der Waals surface area contributed by atoms with Crippen LogP contribution in [-0.2, 0) is 19.5 Å². The summed E-state index contributed by atoms with van der Waals surface area (Å²) in [6.45, 7) is 5.17. The van der Waals surface area contributed by atoms with Crippen molar-refractivity contribution in [2.75, 3.05) is 19.6 Å². The van der Waals surface area contributed by atoms with E-state index in [4.69, 9.17) is 5.73 Å². The fraction of sp³-hybridized carbons (Fsp3) is 0.846. The van der Waals surface area contributed by atoms with Gasteiger partial charge in [-0.15, -0.1) is 10.2 Å². The molecule has 18 heavy (non-hydrogen) atoms. The van der Waals surface area contributed by atoms with E-state index < -0.39 is 0 Å². The van der Waals surface area contributed by atoms with E-state index in [0.29, 0.717) is 5.92 Å². The molecule has 5 heteroatoms. The van der Waals surface area contributed by atoms with Gasteiger partial charge in [-0.1, -0.05) is 0 Å². The number of likely N-dealkylation sites (tertiary alicyclic amines) is 1. The molecule has 1 saturated heterocycles. The number of aryl methyl sites for hydroxylation is 1. The van der Waals surface area contributed by atoms with Crippen LogP contribution in [0.4, 0.5) is 0 Å². The summed E-state index contributed by atoms with van der Waals surface area (Å²) < 4.78 is 2.33. The van der Waals surface area contributed by atoms with Crippen molar-refractivity contribution in [1.29, 1.82) is 0 Å². The number of rotatable bonds is 3. The molecule has 0 radical (unpaired) electrons. The minimum Gasteiger partial charge on any atom is -0.330 e. The Bertz CT molecular complexity index is 400. The van der Waals surface area contributed by atoms with Gasteiger partial charge in [0.2, 0.25) is 0 Å². The third-order valence-electron chi connectivity index (χ3n) is 4.24. The summed E-state index contributed by atoms with van der Waals surface area (Å²) in [6, 6.07) is 0. The van der Waals surface area contributed by atoms with E-state index >= 15 is 0 Å². The molecule has 3 heterocycles. The molecule has 2 N–H and O–H groups in total. The van der Waals surface area contributed by atoms with Crippen molar-refractivity contribution in [3.8, 4) is 0 Å². The maximum Gasteiger partial charge on any atom is 0.147 e. The van der Waals surface area contributed by atoms with Gasteiger partial charge in [0.1, 0.15) is 11.6 Å². The molecule has 100 valence electrons. The molecule has 1 aromatic rings. The molecular weight excluding hydrogens is 226 g/mol. The maximum absolute atomic E-state index is 5.79. The number of hydrogen-bond donors (Lipinski definition) is 1. The lowest BCUT2D eigenvalue weighted by molar-refractivity contribution is 0.165. The average Bonchev–Trinajstić information content (AvgIpc) is 2.83. The first kappa shape index (κ1) is 12.1. The highest BCUT2D eigenvalue weighted by Crippen LogP contribution is 2.19. The molecule has 0 saturated carbocycles. The zero-order valence-corrected chi connectivity index (χ0v) is 11.0. The fourth-order valence-electron chi connectivity index (χ4n) is 3.17. The van der Waals surface area contributed by atoms with Crippen LogP contribution in [-0.4, -0.2) is 39.3 Å². The second-order valence-corrected chi connectivity index (χ2v) is 5.62. The predicted octanol–water partition coefficient (Wildman–Crippen LogP) is 0.785. The molecule has 5 nitrogen and oxygen atoms in total. The lowest BCUT2D eigenvalue weighted by Crippen LogP contribution is -2.38. The predicted molar refractivity (Wildman–Crippen MR) is 70.0 cm³/mol. The number of nitrogens with two attached hydrogens (primary N) is 1. The van der Waals surface area contributed by atoms with Gasteiger partial charge in [0.25, 0.3) is 0 Å². The van der Waals surface area contributed by atoms with E-state index in [1.165, 1.54) is 38.1 Å². The van der Waals surface area contributed by atoms with Gasteiger partial charge in [-0.2, -0.15) is 0 Å². The molecule has 2 aliphatic rings. The minimum atomic E-state index is 0.669. The van der Waals surface area contributed by atoms with Crippen LogP contribution in [0.15, 0.2) is 0 Å². The van der Waals surface area contributed by atoms with E-state index in [2.05, 4.69) is 19.7 Å². The maximum atomic E-state index is 5.79. The van der Waals surface area contributed by atoms with Crippen LogP contribution in [0.2, 0.25) is 0 Å². The Morgan fingerprint density at radius 3 is 3.00 bits per heavy atom. The Labute approximate surface area is 108 Å². The van der Waals surface area contributed by atoms with Crippen LogP contribution >= 0.6 is 0 Å². The van der Waals surface area contributed by atoms with Gasteiger partial charge in [0, 0.05) is 19.5 Å². The smallest absolute Gasteiger partial charge is 0.147 e. The summed E-state index contributed by atoms with van der Waals surface area (Å²) >= 11 is 0. The van der Waals surface area contributed by atoms with Crippen LogP contribution in [0.5, 0.6) is 0 Å². The molecule has 1 fully saturated rings. The summed E-state index contributed by atoms with van der Waals surface area (Å²) in [5, 5.41) is 8.71. The van der Waals surface area contributed by atoms with E-state index in [0.717, 1.165) is 38.4 Å². The second-order valence-electron chi connectivity index (χ2n) is 5.62. The highest BCUT2D eigenvalue weighted by atomic mass is 15.3. The van der Waals surface area contributed by atoms with Gasteiger partial charge in [0.15, 0.2) is 0 Å². The average molecular weight is 249 g/mol. The Morgan fingerprint density at radius 1 is 1.17 bits per heavy atom. The number of fused-ring (bicyclic) bond motifs is 1. The van der Waals surface area contributed by atoms with Crippen molar-refractivity contribution in [3.05, 3.63) is 11.6 Å². The largest absolute Gasteiger partial charge is 0.330 e. The van der Waals surface area contributed by atoms with Gasteiger partial charge < -0.3 is 10.3 Å². The van der Waals surface area contributed by atoms with Crippen molar-refractivity contribution >= 4 is 0 Å². The molecule has 0 spiro atoms. The lowest BCUT2D eigenvalue weighted by atomic mass is 9.98. The van der Waals surface area contributed by atoms with Crippen molar-refractivity contribution in [2.45, 2.75) is 45.2 Å². The molecule has 0 bridgehead atoms. The number of hydrogen-bond acceptors (Lipinski definition) is 4. The monoisotopic (exact) mass is 249 g/mol. The molecule has 1 aromatic heterocycles. The molecular formula is C13H23N5. The van der Waals surface area contributed by atoms with Crippen LogP contribution < -0.4 is 5.73 Å². The van der Waals surface area contributed by atoms with Crippen LogP contribution in [0.3, 0.4) is 0 Å². The minimum absolute atomic E-state index is 0.669. The van der Waals surface area contributed by atoms with Crippen LogP contribution in [0.1, 0.15) is 37.3 Å². The molecule has 3 rings (SSSR count). The van der Waals surface area contributed by atoms with Crippen LogP contribution in [0.25, 0.3) is 0 Å². The first-order valence-electron chi connectivity index (χ1n) is 7.20. The summed E-state index contributed by atoms with van der Waals surface area (Å²) in [4.78, 5) is 2.49. The normalized spacial score (nSPS) is 25.1. The molecule has 1 unspecified atom stereocenters. The Morgan fingerprint density at radius 2 is 2.11 bits per heavy atom. The zero-order valence-electron chi connectivity index (χ0n) is 11.0. The van der Waals surface area contributed by atoms with E-state index in [-0.39, 0.29) is 0 Å². The summed E-state index contributed by atoms with van der Waals surface area (Å²) in [7, 11) is 0. The number of aromatic nitrogens is 3. The van der Waals surface area contributed by atoms with Gasteiger partial charge in [0.05, 0.1) is 6.54 Å². The lowest BCUT2D eigenvalue weighted by Gasteiger charge is -2.31. The Hall–Kier alpha value is -0.940. The molecule has 0 aliphatic carbocycles. The first-order chi connectivity index (χ1) is 8.86. The Balaban J connectivity index is 1.67. The molecule has 0 amide bonds. The first-order valence-corrected chi connectivity index (χ1v) is 7.20. The van der Waals surface area contributed by atoms with Crippen molar-refractivity contribution in [2.24, 2.45) is 11.7 Å². The topological polar surface area (TPSA) is 60.0 Å². The van der Waals surface area contributed by atoms with Gasteiger partial charge in [-0.25, -0.2) is 0 Å². The summed E-state index contributed by atoms with van der Waals surface area (Å²) in [5.74, 6) is 3.01. The zero-order chi connectivity index (χ0) is 12.4. The SMILES string of the molecule is NCC1CCCN(Cc2nnc3n2CCCC3)C1. The van der Waals surface area contributed by atoms with Crippen molar-refractivity contribution in [1.82, 2.24) is 19.7 Å². The molecule has 0 aromatic carbocycles. The van der Waals surface area contributed by atoms with Gasteiger partial charge >= 0.3 is 0 Å². The highest BCUT2D eigenvalue weighted by molar-refractivity contribution is 4.99. The van der Waals surface area contributed by atoms with Gasteiger partial charge in [-0.3, -0.25) is 4.90 Å². The highest BCUT2D eigenvalue weighted by Gasteiger charge is 2.22. The summed E-state index contributed by atoms with van der Waals surface area (Å²) in [5.41, 5.74) is 5.79. The third kappa shape index (κ3) is 2.42.